The highest BCUT2D eigenvalue weighted by Crippen LogP contribution is 2.47. The standard InChI is InChI=1S/C21H27ClN2O2/c1-13(25)23-20(17-2-4-18(22)5-3-17)11-21(26)24-12-16-7-14-6-15(8-16)10-19(24)9-14/h2-5,14-16,19-20H,6-12H2,1H3,(H,23,25)/t14-,15+,16?,19?,20-/m0/s1. The lowest BCUT2D eigenvalue weighted by molar-refractivity contribution is -0.134. The van der Waals surface area contributed by atoms with Crippen molar-refractivity contribution < 1.29 is 9.59 Å². The van der Waals surface area contributed by atoms with Gasteiger partial charge in [-0.05, 0) is 67.6 Å². The number of carbonyl (C=O) groups is 2. The molecule has 2 saturated carbocycles. The number of hydrogen-bond donors (Lipinski definition) is 1. The maximum Gasteiger partial charge on any atom is 0.225 e. The molecule has 0 spiro atoms. The molecule has 140 valence electrons. The van der Waals surface area contributed by atoms with Crippen LogP contribution < -0.4 is 5.32 Å². The second kappa shape index (κ2) is 7.22. The first-order chi connectivity index (χ1) is 12.5. The van der Waals surface area contributed by atoms with E-state index >= 15 is 0 Å². The van der Waals surface area contributed by atoms with E-state index in [4.69, 9.17) is 11.6 Å². The molecule has 1 N–H and O–H groups in total. The summed E-state index contributed by atoms with van der Waals surface area (Å²) >= 11 is 5.98. The first-order valence-corrected chi connectivity index (χ1v) is 10.2. The second-order valence-electron chi connectivity index (χ2n) is 8.49. The topological polar surface area (TPSA) is 49.4 Å². The minimum Gasteiger partial charge on any atom is -0.349 e. The van der Waals surface area contributed by atoms with E-state index in [9.17, 15) is 9.59 Å². The maximum absolute atomic E-state index is 13.2. The Hall–Kier alpha value is -1.55. The fraction of sp³-hybridized carbons (Fsp3) is 0.619. The molecule has 4 bridgehead atoms. The fourth-order valence-corrected chi connectivity index (χ4v) is 5.70. The SMILES string of the molecule is CC(=O)N[C@@H](CC(=O)N1CC2C[C@@H]3CC1C[C@H](C2)C3)c1ccc(Cl)cc1. The molecule has 5 heteroatoms. The molecule has 2 aliphatic heterocycles. The van der Waals surface area contributed by atoms with E-state index < -0.39 is 0 Å². The van der Waals surface area contributed by atoms with Crippen molar-refractivity contribution in [2.24, 2.45) is 17.8 Å². The lowest BCUT2D eigenvalue weighted by Crippen LogP contribution is -2.43. The van der Waals surface area contributed by atoms with Crippen molar-refractivity contribution in [3.05, 3.63) is 34.9 Å². The molecule has 2 heterocycles. The van der Waals surface area contributed by atoms with Crippen molar-refractivity contribution in [3.63, 3.8) is 0 Å². The zero-order valence-electron chi connectivity index (χ0n) is 15.3. The summed E-state index contributed by atoms with van der Waals surface area (Å²) in [5.74, 6) is 2.37. The van der Waals surface area contributed by atoms with E-state index in [1.54, 1.807) is 0 Å². The Labute approximate surface area is 160 Å². The molecule has 4 nitrogen and oxygen atoms in total. The lowest BCUT2D eigenvalue weighted by atomic mass is 9.68. The number of fused-ring (bicyclic) bond motifs is 1. The summed E-state index contributed by atoms with van der Waals surface area (Å²) < 4.78 is 0. The molecule has 26 heavy (non-hydrogen) atoms. The van der Waals surface area contributed by atoms with Crippen LogP contribution in [0.2, 0.25) is 5.02 Å². The van der Waals surface area contributed by atoms with Crippen LogP contribution in [0.25, 0.3) is 0 Å². The lowest BCUT2D eigenvalue weighted by Gasteiger charge is -2.39. The molecule has 1 aromatic rings. The van der Waals surface area contributed by atoms with Gasteiger partial charge in [-0.1, -0.05) is 23.7 Å². The fourth-order valence-electron chi connectivity index (χ4n) is 5.57. The molecular weight excluding hydrogens is 348 g/mol. The molecule has 2 saturated heterocycles. The van der Waals surface area contributed by atoms with E-state index in [0.717, 1.165) is 23.9 Å². The van der Waals surface area contributed by atoms with Gasteiger partial charge in [0.15, 0.2) is 0 Å². The van der Waals surface area contributed by atoms with E-state index in [1.165, 1.54) is 39.0 Å². The maximum atomic E-state index is 13.2. The smallest absolute Gasteiger partial charge is 0.225 e. The van der Waals surface area contributed by atoms with Gasteiger partial charge in [-0.3, -0.25) is 9.59 Å². The molecule has 5 rings (SSSR count). The van der Waals surface area contributed by atoms with Crippen LogP contribution in [0.4, 0.5) is 0 Å². The third-order valence-corrected chi connectivity index (χ3v) is 6.71. The number of hydrogen-bond acceptors (Lipinski definition) is 2. The van der Waals surface area contributed by atoms with E-state index in [2.05, 4.69) is 10.2 Å². The summed E-state index contributed by atoms with van der Waals surface area (Å²) in [6.07, 6.45) is 6.62. The van der Waals surface area contributed by atoms with Crippen LogP contribution in [0.15, 0.2) is 24.3 Å². The Bertz CT molecular complexity index is 676. The zero-order chi connectivity index (χ0) is 18.3. The summed E-state index contributed by atoms with van der Waals surface area (Å²) in [5, 5.41) is 3.60. The summed E-state index contributed by atoms with van der Waals surface area (Å²) in [6, 6.07) is 7.51. The van der Waals surface area contributed by atoms with Crippen LogP contribution in [0.5, 0.6) is 0 Å². The summed E-state index contributed by atoms with van der Waals surface area (Å²) in [7, 11) is 0. The van der Waals surface area contributed by atoms with Crippen LogP contribution >= 0.6 is 11.6 Å². The van der Waals surface area contributed by atoms with Crippen molar-refractivity contribution in [2.75, 3.05) is 6.54 Å². The number of nitrogens with zero attached hydrogens (tertiary/aromatic N) is 1. The average molecular weight is 375 g/mol. The summed E-state index contributed by atoms with van der Waals surface area (Å²) in [4.78, 5) is 27.0. The minimum absolute atomic E-state index is 0.117. The van der Waals surface area contributed by atoms with E-state index in [1.807, 2.05) is 24.3 Å². The number of nitrogens with one attached hydrogen (secondary N) is 1. The van der Waals surface area contributed by atoms with Crippen molar-refractivity contribution in [1.82, 2.24) is 10.2 Å². The summed E-state index contributed by atoms with van der Waals surface area (Å²) in [6.45, 7) is 2.41. The Morgan fingerprint density at radius 2 is 1.69 bits per heavy atom. The normalized spacial score (nSPS) is 30.8. The molecule has 2 unspecified atom stereocenters. The van der Waals surface area contributed by atoms with Gasteiger partial charge in [0.05, 0.1) is 12.5 Å². The van der Waals surface area contributed by atoms with Gasteiger partial charge in [0, 0.05) is 24.5 Å². The van der Waals surface area contributed by atoms with Gasteiger partial charge < -0.3 is 10.2 Å². The Kier molecular flexibility index (Phi) is 4.96. The number of halogens is 1. The highest BCUT2D eigenvalue weighted by Gasteiger charge is 2.44. The van der Waals surface area contributed by atoms with Gasteiger partial charge in [-0.25, -0.2) is 0 Å². The van der Waals surface area contributed by atoms with Crippen molar-refractivity contribution in [3.8, 4) is 0 Å². The third-order valence-electron chi connectivity index (χ3n) is 6.46. The molecule has 0 aromatic heterocycles. The highest BCUT2D eigenvalue weighted by molar-refractivity contribution is 6.30. The van der Waals surface area contributed by atoms with Crippen LogP contribution in [0.3, 0.4) is 0 Å². The molecule has 4 fully saturated rings. The van der Waals surface area contributed by atoms with Crippen molar-refractivity contribution in [1.29, 1.82) is 0 Å². The molecule has 0 radical (unpaired) electrons. The van der Waals surface area contributed by atoms with Gasteiger partial charge in [0.1, 0.15) is 0 Å². The van der Waals surface area contributed by atoms with Crippen molar-refractivity contribution >= 4 is 23.4 Å². The second-order valence-corrected chi connectivity index (χ2v) is 8.92. The predicted octanol–water partition coefficient (Wildman–Crippen LogP) is 3.94. The number of amides is 2. The Morgan fingerprint density at radius 3 is 2.31 bits per heavy atom. The van der Waals surface area contributed by atoms with Crippen LogP contribution in [-0.4, -0.2) is 29.3 Å². The van der Waals surface area contributed by atoms with Gasteiger partial charge in [-0.15, -0.1) is 0 Å². The zero-order valence-corrected chi connectivity index (χ0v) is 16.0. The van der Waals surface area contributed by atoms with Crippen LogP contribution in [0, 0.1) is 17.8 Å². The third kappa shape index (κ3) is 3.75. The van der Waals surface area contributed by atoms with Gasteiger partial charge in [0.2, 0.25) is 11.8 Å². The first-order valence-electron chi connectivity index (χ1n) is 9.80. The quantitative estimate of drug-likeness (QED) is 0.867. The Balaban J connectivity index is 1.50. The molecule has 4 aliphatic rings. The predicted molar refractivity (Wildman–Crippen MR) is 102 cm³/mol. The molecular formula is C21H27ClN2O2. The van der Waals surface area contributed by atoms with Gasteiger partial charge in [0.25, 0.3) is 0 Å². The molecule has 2 amide bonds. The van der Waals surface area contributed by atoms with Crippen LogP contribution in [0.1, 0.15) is 57.1 Å². The molecule has 2 aliphatic carbocycles. The van der Waals surface area contributed by atoms with Crippen LogP contribution in [-0.2, 0) is 9.59 Å². The number of benzene rings is 1. The average Bonchev–Trinajstić information content (AvgIpc) is 2.78. The van der Waals surface area contributed by atoms with E-state index in [-0.39, 0.29) is 17.9 Å². The highest BCUT2D eigenvalue weighted by atomic mass is 35.5. The number of rotatable bonds is 4. The first kappa shape index (κ1) is 17.8. The van der Waals surface area contributed by atoms with Crippen molar-refractivity contribution in [2.45, 2.75) is 57.5 Å². The molecule has 5 atom stereocenters. The largest absolute Gasteiger partial charge is 0.349 e. The molecule has 1 aromatic carbocycles. The summed E-state index contributed by atoms with van der Waals surface area (Å²) in [5.41, 5.74) is 0.929. The Morgan fingerprint density at radius 1 is 1.08 bits per heavy atom. The number of carbonyl (C=O) groups excluding carboxylic acids is 2. The monoisotopic (exact) mass is 374 g/mol. The minimum atomic E-state index is -0.296. The van der Waals surface area contributed by atoms with Gasteiger partial charge >= 0.3 is 0 Å². The van der Waals surface area contributed by atoms with Gasteiger partial charge in [-0.2, -0.15) is 0 Å². The van der Waals surface area contributed by atoms with E-state index in [0.29, 0.717) is 23.4 Å².